The Hall–Kier alpha value is -2.33. The second kappa shape index (κ2) is 5.97. The number of furan rings is 1. The molecule has 0 saturated heterocycles. The molecule has 2 unspecified atom stereocenters. The fourth-order valence-electron chi connectivity index (χ4n) is 2.37. The smallest absolute Gasteiger partial charge is 0.120 e. The van der Waals surface area contributed by atoms with Gasteiger partial charge >= 0.3 is 0 Å². The van der Waals surface area contributed by atoms with Crippen molar-refractivity contribution in [1.82, 2.24) is 15.1 Å². The van der Waals surface area contributed by atoms with Crippen molar-refractivity contribution in [1.29, 1.82) is 0 Å². The van der Waals surface area contributed by atoms with Crippen molar-refractivity contribution in [3.8, 4) is 5.69 Å². The van der Waals surface area contributed by atoms with Gasteiger partial charge in [-0.05, 0) is 38.1 Å². The van der Waals surface area contributed by atoms with Gasteiger partial charge in [0, 0.05) is 17.8 Å². The number of hydrogen-bond acceptors (Lipinski definition) is 3. The predicted molar refractivity (Wildman–Crippen MR) is 82.2 cm³/mol. The van der Waals surface area contributed by atoms with Gasteiger partial charge in [-0.15, -0.1) is 0 Å². The van der Waals surface area contributed by atoms with Crippen LogP contribution in [-0.2, 0) is 0 Å². The molecule has 21 heavy (non-hydrogen) atoms. The lowest BCUT2D eigenvalue weighted by Crippen LogP contribution is -2.21. The minimum atomic E-state index is 0.162. The highest BCUT2D eigenvalue weighted by Gasteiger charge is 2.14. The van der Waals surface area contributed by atoms with Gasteiger partial charge in [0.25, 0.3) is 0 Å². The van der Waals surface area contributed by atoms with Crippen molar-refractivity contribution >= 4 is 0 Å². The molecule has 4 nitrogen and oxygen atoms in total. The van der Waals surface area contributed by atoms with E-state index in [-0.39, 0.29) is 12.1 Å². The summed E-state index contributed by atoms with van der Waals surface area (Å²) >= 11 is 0. The molecular formula is C17H19N3O. The molecule has 0 aliphatic rings. The largest absolute Gasteiger partial charge is 0.468 e. The molecule has 2 aromatic heterocycles. The van der Waals surface area contributed by atoms with Crippen LogP contribution in [0, 0.1) is 0 Å². The number of rotatable bonds is 5. The van der Waals surface area contributed by atoms with Crippen molar-refractivity contribution in [3.05, 3.63) is 72.4 Å². The Morgan fingerprint density at radius 1 is 1.05 bits per heavy atom. The lowest BCUT2D eigenvalue weighted by Gasteiger charge is -2.17. The molecule has 108 valence electrons. The van der Waals surface area contributed by atoms with Gasteiger partial charge in [-0.3, -0.25) is 0 Å². The molecule has 0 radical (unpaired) electrons. The Morgan fingerprint density at radius 2 is 1.86 bits per heavy atom. The first-order valence-electron chi connectivity index (χ1n) is 7.13. The van der Waals surface area contributed by atoms with E-state index in [0.717, 1.165) is 17.0 Å². The molecule has 0 bridgehead atoms. The molecule has 0 aliphatic heterocycles. The van der Waals surface area contributed by atoms with Gasteiger partial charge in [-0.25, -0.2) is 4.68 Å². The second-order valence-corrected chi connectivity index (χ2v) is 5.18. The Bertz CT molecular complexity index is 673. The minimum absolute atomic E-state index is 0.162. The summed E-state index contributed by atoms with van der Waals surface area (Å²) in [5, 5.41) is 7.95. The first-order valence-corrected chi connectivity index (χ1v) is 7.13. The van der Waals surface area contributed by atoms with Crippen molar-refractivity contribution in [3.63, 3.8) is 0 Å². The van der Waals surface area contributed by atoms with Crippen molar-refractivity contribution in [2.75, 3.05) is 0 Å². The van der Waals surface area contributed by atoms with Gasteiger partial charge in [-0.2, -0.15) is 5.10 Å². The van der Waals surface area contributed by atoms with Crippen LogP contribution in [0.2, 0.25) is 0 Å². The third kappa shape index (κ3) is 3.06. The summed E-state index contributed by atoms with van der Waals surface area (Å²) in [5.41, 5.74) is 2.22. The van der Waals surface area contributed by atoms with Crippen LogP contribution < -0.4 is 5.32 Å². The summed E-state index contributed by atoms with van der Waals surface area (Å²) in [6, 6.07) is 14.4. The van der Waals surface area contributed by atoms with Gasteiger partial charge in [0.1, 0.15) is 5.76 Å². The van der Waals surface area contributed by atoms with E-state index in [2.05, 4.69) is 30.5 Å². The van der Waals surface area contributed by atoms with Crippen LogP contribution in [0.4, 0.5) is 0 Å². The molecule has 0 spiro atoms. The van der Waals surface area contributed by atoms with E-state index in [1.807, 2.05) is 53.3 Å². The molecular weight excluding hydrogens is 262 g/mol. The Balaban J connectivity index is 1.71. The zero-order valence-corrected chi connectivity index (χ0v) is 12.2. The normalized spacial score (nSPS) is 14.0. The molecule has 2 heterocycles. The Labute approximate surface area is 124 Å². The average Bonchev–Trinajstić information content (AvgIpc) is 3.20. The fourth-order valence-corrected chi connectivity index (χ4v) is 2.37. The van der Waals surface area contributed by atoms with E-state index >= 15 is 0 Å². The van der Waals surface area contributed by atoms with E-state index < -0.39 is 0 Å². The topological polar surface area (TPSA) is 43.0 Å². The monoisotopic (exact) mass is 281 g/mol. The number of nitrogens with zero attached hydrogens (tertiary/aromatic N) is 2. The van der Waals surface area contributed by atoms with Crippen LogP contribution in [-0.4, -0.2) is 9.78 Å². The first kappa shape index (κ1) is 13.6. The van der Waals surface area contributed by atoms with E-state index in [4.69, 9.17) is 4.42 Å². The van der Waals surface area contributed by atoms with Gasteiger partial charge in [0.15, 0.2) is 0 Å². The summed E-state index contributed by atoms with van der Waals surface area (Å²) in [5.74, 6) is 0.942. The second-order valence-electron chi connectivity index (χ2n) is 5.18. The lowest BCUT2D eigenvalue weighted by atomic mass is 10.1. The van der Waals surface area contributed by atoms with E-state index in [1.165, 1.54) is 0 Å². The number of nitrogens with one attached hydrogen (secondary N) is 1. The summed E-state index contributed by atoms with van der Waals surface area (Å²) in [4.78, 5) is 0. The van der Waals surface area contributed by atoms with Crippen molar-refractivity contribution in [2.45, 2.75) is 25.9 Å². The van der Waals surface area contributed by atoms with Crippen LogP contribution in [0.25, 0.3) is 5.69 Å². The Kier molecular flexibility index (Phi) is 3.88. The molecule has 3 aromatic rings. The van der Waals surface area contributed by atoms with E-state index in [1.54, 1.807) is 6.26 Å². The summed E-state index contributed by atoms with van der Waals surface area (Å²) in [6.07, 6.45) is 5.66. The fraction of sp³-hybridized carbons (Fsp3) is 0.235. The molecule has 1 N–H and O–H groups in total. The van der Waals surface area contributed by atoms with Crippen molar-refractivity contribution in [2.24, 2.45) is 0 Å². The summed E-state index contributed by atoms with van der Waals surface area (Å²) in [7, 11) is 0. The molecule has 0 amide bonds. The summed E-state index contributed by atoms with van der Waals surface area (Å²) < 4.78 is 7.32. The molecule has 0 aliphatic carbocycles. The molecule has 3 rings (SSSR count). The van der Waals surface area contributed by atoms with E-state index in [0.29, 0.717) is 0 Å². The third-order valence-corrected chi connectivity index (χ3v) is 3.59. The highest BCUT2D eigenvalue weighted by Crippen LogP contribution is 2.20. The molecule has 0 fully saturated rings. The van der Waals surface area contributed by atoms with Crippen LogP contribution in [0.15, 0.2) is 65.5 Å². The highest BCUT2D eigenvalue weighted by atomic mass is 16.3. The predicted octanol–water partition coefficient (Wildman–Crippen LogP) is 3.88. The lowest BCUT2D eigenvalue weighted by molar-refractivity contribution is 0.403. The van der Waals surface area contributed by atoms with Gasteiger partial charge in [0.2, 0.25) is 0 Å². The number of hydrogen-bond donors (Lipinski definition) is 1. The molecule has 2 atom stereocenters. The maximum absolute atomic E-state index is 5.42. The van der Waals surface area contributed by atoms with Gasteiger partial charge in [-0.1, -0.05) is 18.2 Å². The van der Waals surface area contributed by atoms with Gasteiger partial charge in [0.05, 0.1) is 24.2 Å². The SMILES string of the molecule is CC(NC(C)c1ccco1)c1cnn(-c2ccccc2)c1. The highest BCUT2D eigenvalue weighted by molar-refractivity contribution is 5.31. The average molecular weight is 281 g/mol. The van der Waals surface area contributed by atoms with Gasteiger partial charge < -0.3 is 9.73 Å². The van der Waals surface area contributed by atoms with E-state index in [9.17, 15) is 0 Å². The zero-order valence-electron chi connectivity index (χ0n) is 12.2. The quantitative estimate of drug-likeness (QED) is 0.772. The maximum atomic E-state index is 5.42. The molecule has 0 saturated carbocycles. The molecule has 1 aromatic carbocycles. The first-order chi connectivity index (χ1) is 10.2. The third-order valence-electron chi connectivity index (χ3n) is 3.59. The van der Waals surface area contributed by atoms with Crippen LogP contribution in [0.3, 0.4) is 0 Å². The zero-order chi connectivity index (χ0) is 14.7. The maximum Gasteiger partial charge on any atom is 0.120 e. The molecule has 4 heteroatoms. The van der Waals surface area contributed by atoms with Crippen molar-refractivity contribution < 1.29 is 4.42 Å². The summed E-state index contributed by atoms with van der Waals surface area (Å²) in [6.45, 7) is 4.22. The number of aromatic nitrogens is 2. The Morgan fingerprint density at radius 3 is 2.57 bits per heavy atom. The standard InChI is InChI=1S/C17H19N3O/c1-13(19-14(2)17-9-6-10-21-17)15-11-18-20(12-15)16-7-4-3-5-8-16/h3-14,19H,1-2H3. The number of para-hydroxylation sites is 1. The van der Waals surface area contributed by atoms with Crippen LogP contribution in [0.1, 0.15) is 37.3 Å². The minimum Gasteiger partial charge on any atom is -0.468 e. The van der Waals surface area contributed by atoms with Crippen LogP contribution >= 0.6 is 0 Å². The number of benzene rings is 1. The van der Waals surface area contributed by atoms with Crippen LogP contribution in [0.5, 0.6) is 0 Å².